The first-order valence-corrected chi connectivity index (χ1v) is 9.16. The third kappa shape index (κ3) is 2.81. The van der Waals surface area contributed by atoms with Crippen LogP contribution in [-0.4, -0.2) is 27.5 Å². The molecule has 1 aromatic heterocycles. The van der Waals surface area contributed by atoms with Gasteiger partial charge in [0.15, 0.2) is 0 Å². The molecule has 2 aromatic rings. The van der Waals surface area contributed by atoms with Crippen LogP contribution in [0, 0.1) is 13.8 Å². The minimum atomic E-state index is -0.249. The van der Waals surface area contributed by atoms with Gasteiger partial charge in [-0.3, -0.25) is 14.2 Å². The molecule has 0 N–H and O–H groups in total. The number of rotatable bonds is 3. The van der Waals surface area contributed by atoms with Crippen molar-refractivity contribution in [2.45, 2.75) is 52.1 Å². The number of carbonyl (C=O) groups excluding carboxylic acids is 1. The Labute approximate surface area is 146 Å². The predicted octanol–water partition coefficient (Wildman–Crippen LogP) is 3.32. The molecule has 4 nitrogen and oxygen atoms in total. The largest absolute Gasteiger partial charge is 0.335 e. The molecule has 1 fully saturated rings. The van der Waals surface area contributed by atoms with Crippen molar-refractivity contribution in [2.24, 2.45) is 0 Å². The second-order valence-electron chi connectivity index (χ2n) is 7.05. The van der Waals surface area contributed by atoms with Gasteiger partial charge in [-0.2, -0.15) is 0 Å². The Morgan fingerprint density at radius 1 is 1.25 bits per heavy atom. The van der Waals surface area contributed by atoms with Gasteiger partial charge in [0.05, 0.1) is 0 Å². The third-order valence-electron chi connectivity index (χ3n) is 5.36. The van der Waals surface area contributed by atoms with E-state index >= 15 is 0 Å². The normalized spacial score (nSPS) is 19.7. The first kappa shape index (κ1) is 17.0. The van der Waals surface area contributed by atoms with Crippen LogP contribution < -0.4 is 4.87 Å². The quantitative estimate of drug-likeness (QED) is 0.857. The number of likely N-dealkylation sites (tertiary alicyclic amines) is 1. The molecular weight excluding hydrogens is 320 g/mol. The van der Waals surface area contributed by atoms with Crippen molar-refractivity contribution in [3.63, 3.8) is 0 Å². The smallest absolute Gasteiger partial charge is 0.308 e. The number of hydrogen-bond acceptors (Lipinski definition) is 3. The third-order valence-corrected chi connectivity index (χ3v) is 6.36. The lowest BCUT2D eigenvalue weighted by Gasteiger charge is -2.36. The Bertz CT molecular complexity index is 805. The highest BCUT2D eigenvalue weighted by molar-refractivity contribution is 7.09. The van der Waals surface area contributed by atoms with E-state index in [2.05, 4.69) is 26.0 Å². The number of hydrogen-bond donors (Lipinski definition) is 0. The van der Waals surface area contributed by atoms with Crippen LogP contribution in [0.5, 0.6) is 0 Å². The number of carbonyl (C=O) groups is 1. The summed E-state index contributed by atoms with van der Waals surface area (Å²) in [5.41, 5.74) is 1.92. The van der Waals surface area contributed by atoms with E-state index in [9.17, 15) is 9.59 Å². The molecule has 1 amide bonds. The molecule has 1 unspecified atom stereocenters. The maximum absolute atomic E-state index is 12.9. The van der Waals surface area contributed by atoms with Crippen molar-refractivity contribution in [3.8, 4) is 0 Å². The van der Waals surface area contributed by atoms with Gasteiger partial charge in [0.25, 0.3) is 0 Å². The standard InChI is InChI=1S/C19H24N2O2S/c1-13-14(2)24-18(23)20(13)12-17(22)21-11-10-16(19(21,3)4)15-8-6-5-7-9-15/h5-9,16H,10-12H2,1-4H3. The van der Waals surface area contributed by atoms with Gasteiger partial charge in [0, 0.05) is 28.6 Å². The fourth-order valence-corrected chi connectivity index (χ4v) is 4.62. The molecule has 0 aliphatic carbocycles. The van der Waals surface area contributed by atoms with Crippen LogP contribution in [0.4, 0.5) is 0 Å². The molecule has 1 saturated heterocycles. The van der Waals surface area contributed by atoms with Crippen LogP contribution in [0.2, 0.25) is 0 Å². The van der Waals surface area contributed by atoms with Crippen molar-refractivity contribution in [2.75, 3.05) is 6.54 Å². The number of amides is 1. The number of aromatic nitrogens is 1. The average molecular weight is 344 g/mol. The van der Waals surface area contributed by atoms with Gasteiger partial charge in [-0.25, -0.2) is 0 Å². The van der Waals surface area contributed by atoms with Gasteiger partial charge < -0.3 is 4.90 Å². The lowest BCUT2D eigenvalue weighted by Crippen LogP contribution is -2.47. The van der Waals surface area contributed by atoms with Gasteiger partial charge in [0.2, 0.25) is 5.91 Å². The van der Waals surface area contributed by atoms with Crippen LogP contribution in [0.15, 0.2) is 35.1 Å². The van der Waals surface area contributed by atoms with E-state index in [4.69, 9.17) is 0 Å². The van der Waals surface area contributed by atoms with E-state index < -0.39 is 0 Å². The number of thiazole rings is 1. The van der Waals surface area contributed by atoms with Gasteiger partial charge >= 0.3 is 4.87 Å². The molecule has 5 heteroatoms. The highest BCUT2D eigenvalue weighted by Gasteiger charge is 2.44. The number of nitrogens with zero attached hydrogens (tertiary/aromatic N) is 2. The molecule has 0 radical (unpaired) electrons. The lowest BCUT2D eigenvalue weighted by atomic mass is 9.83. The summed E-state index contributed by atoms with van der Waals surface area (Å²) in [6, 6.07) is 10.4. The molecule has 0 spiro atoms. The Kier molecular flexibility index (Phi) is 4.38. The maximum atomic E-state index is 12.9. The summed E-state index contributed by atoms with van der Waals surface area (Å²) in [4.78, 5) is 27.8. The number of benzene rings is 1. The molecule has 0 saturated carbocycles. The fraction of sp³-hybridized carbons (Fsp3) is 0.474. The zero-order valence-corrected chi connectivity index (χ0v) is 15.5. The van der Waals surface area contributed by atoms with Gasteiger partial charge in [-0.15, -0.1) is 0 Å². The molecule has 1 aromatic carbocycles. The van der Waals surface area contributed by atoms with E-state index in [0.29, 0.717) is 5.92 Å². The molecule has 1 atom stereocenters. The first-order chi connectivity index (χ1) is 11.3. The number of aryl methyl sites for hydroxylation is 1. The summed E-state index contributed by atoms with van der Waals surface area (Å²) < 4.78 is 1.61. The second-order valence-corrected chi connectivity index (χ2v) is 8.21. The van der Waals surface area contributed by atoms with Gasteiger partial charge in [-0.05, 0) is 39.7 Å². The van der Waals surface area contributed by atoms with Crippen LogP contribution in [0.1, 0.15) is 42.3 Å². The van der Waals surface area contributed by atoms with Crippen LogP contribution in [0.3, 0.4) is 0 Å². The molecule has 3 rings (SSSR count). The Hall–Kier alpha value is -1.88. The summed E-state index contributed by atoms with van der Waals surface area (Å²) in [6.07, 6.45) is 0.958. The van der Waals surface area contributed by atoms with Crippen molar-refractivity contribution >= 4 is 17.2 Å². The molecule has 0 bridgehead atoms. The fourth-order valence-electron chi connectivity index (χ4n) is 3.78. The predicted molar refractivity (Wildman–Crippen MR) is 97.6 cm³/mol. The molecular formula is C19H24N2O2S. The molecule has 1 aliphatic rings. The average Bonchev–Trinajstić information content (AvgIpc) is 2.98. The van der Waals surface area contributed by atoms with Crippen molar-refractivity contribution in [3.05, 3.63) is 56.1 Å². The highest BCUT2D eigenvalue weighted by Crippen LogP contribution is 2.41. The van der Waals surface area contributed by atoms with Crippen molar-refractivity contribution < 1.29 is 4.79 Å². The minimum Gasteiger partial charge on any atom is -0.335 e. The minimum absolute atomic E-state index is 0.0291. The Morgan fingerprint density at radius 2 is 1.92 bits per heavy atom. The van der Waals surface area contributed by atoms with E-state index in [1.54, 1.807) is 4.57 Å². The van der Waals surface area contributed by atoms with Crippen LogP contribution in [-0.2, 0) is 11.3 Å². The van der Waals surface area contributed by atoms with E-state index in [1.165, 1.54) is 16.9 Å². The SMILES string of the molecule is Cc1sc(=O)n(CC(=O)N2CCC(c3ccccc3)C2(C)C)c1C. The molecule has 1 aliphatic heterocycles. The maximum Gasteiger partial charge on any atom is 0.308 e. The first-order valence-electron chi connectivity index (χ1n) is 8.34. The topological polar surface area (TPSA) is 42.3 Å². The van der Waals surface area contributed by atoms with E-state index in [0.717, 1.165) is 23.5 Å². The molecule has 2 heterocycles. The second kappa shape index (κ2) is 6.20. The summed E-state index contributed by atoms with van der Waals surface area (Å²) in [7, 11) is 0. The van der Waals surface area contributed by atoms with Crippen LogP contribution >= 0.6 is 11.3 Å². The summed E-state index contributed by atoms with van der Waals surface area (Å²) >= 11 is 1.21. The summed E-state index contributed by atoms with van der Waals surface area (Å²) in [6.45, 7) is 8.96. The van der Waals surface area contributed by atoms with Gasteiger partial charge in [0.1, 0.15) is 6.54 Å². The van der Waals surface area contributed by atoms with Crippen LogP contribution in [0.25, 0.3) is 0 Å². The molecule has 128 valence electrons. The van der Waals surface area contributed by atoms with Crippen molar-refractivity contribution in [1.82, 2.24) is 9.47 Å². The highest BCUT2D eigenvalue weighted by atomic mass is 32.1. The lowest BCUT2D eigenvalue weighted by molar-refractivity contribution is -0.135. The molecule has 24 heavy (non-hydrogen) atoms. The van der Waals surface area contributed by atoms with Crippen molar-refractivity contribution in [1.29, 1.82) is 0 Å². The monoisotopic (exact) mass is 344 g/mol. The zero-order chi connectivity index (χ0) is 17.5. The zero-order valence-electron chi connectivity index (χ0n) is 14.7. The summed E-state index contributed by atoms with van der Waals surface area (Å²) in [5, 5.41) is 0. The Balaban J connectivity index is 1.82. The van der Waals surface area contributed by atoms with E-state index in [1.807, 2.05) is 36.9 Å². The van der Waals surface area contributed by atoms with Gasteiger partial charge in [-0.1, -0.05) is 41.7 Å². The van der Waals surface area contributed by atoms with E-state index in [-0.39, 0.29) is 22.9 Å². The Morgan fingerprint density at radius 3 is 2.50 bits per heavy atom. The summed E-state index contributed by atoms with van der Waals surface area (Å²) in [5.74, 6) is 0.353.